The molecule has 1 aromatic heterocycles. The number of hydrogen-bond acceptors (Lipinski definition) is 9. The van der Waals surface area contributed by atoms with Crippen LogP contribution in [-0.2, 0) is 33.3 Å². The summed E-state index contributed by atoms with van der Waals surface area (Å²) in [6.45, 7) is 2.41. The average Bonchev–Trinajstić information content (AvgIpc) is 3.17. The molecule has 0 atom stereocenters. The molecule has 2 heterocycles. The molecule has 0 unspecified atom stereocenters. The van der Waals surface area contributed by atoms with Gasteiger partial charge in [-0.25, -0.2) is 19.2 Å². The first-order valence-electron chi connectivity index (χ1n) is 8.81. The van der Waals surface area contributed by atoms with Crippen molar-refractivity contribution in [3.05, 3.63) is 53.3 Å². The molecule has 1 saturated heterocycles. The van der Waals surface area contributed by atoms with Crippen molar-refractivity contribution in [2.75, 3.05) is 13.7 Å². The fourth-order valence-electron chi connectivity index (χ4n) is 2.57. The van der Waals surface area contributed by atoms with Crippen molar-refractivity contribution in [2.45, 2.75) is 19.6 Å². The molecule has 1 aliphatic rings. The second kappa shape index (κ2) is 8.24. The van der Waals surface area contributed by atoms with Crippen LogP contribution in [-0.4, -0.2) is 43.4 Å². The largest absolute Gasteiger partial charge is 0.466 e. The maximum absolute atomic E-state index is 12.1. The number of cyclic esters (lactones) is 2. The molecule has 0 amide bonds. The van der Waals surface area contributed by atoms with Crippen molar-refractivity contribution in [1.29, 1.82) is 0 Å². The molecule has 9 heteroatoms. The van der Waals surface area contributed by atoms with Gasteiger partial charge in [0.15, 0.2) is 6.61 Å². The predicted molar refractivity (Wildman–Crippen MR) is 101 cm³/mol. The molecule has 1 aliphatic heterocycles. The number of methoxy groups -OCH3 is 1. The van der Waals surface area contributed by atoms with Crippen LogP contribution in [0, 0.1) is 0 Å². The summed E-state index contributed by atoms with van der Waals surface area (Å²) in [4.78, 5) is 47.2. The number of benzene rings is 1. The lowest BCUT2D eigenvalue weighted by atomic mass is 10.1. The number of hydrogen-bond donors (Lipinski definition) is 0. The van der Waals surface area contributed by atoms with Crippen molar-refractivity contribution in [2.24, 2.45) is 0 Å². The highest BCUT2D eigenvalue weighted by Crippen LogP contribution is 2.27. The van der Waals surface area contributed by atoms with Crippen molar-refractivity contribution >= 4 is 30.0 Å². The highest BCUT2D eigenvalue weighted by atomic mass is 16.7. The summed E-state index contributed by atoms with van der Waals surface area (Å²) in [6.07, 6.45) is 1.22. The quantitative estimate of drug-likeness (QED) is 0.315. The summed E-state index contributed by atoms with van der Waals surface area (Å²) >= 11 is 0. The highest BCUT2D eigenvalue weighted by Gasteiger charge is 2.39. The van der Waals surface area contributed by atoms with E-state index in [0.717, 1.165) is 0 Å². The molecule has 1 aromatic carbocycles. The van der Waals surface area contributed by atoms with Crippen LogP contribution in [0.3, 0.4) is 0 Å². The number of carbonyl (C=O) groups excluding carboxylic acids is 4. The van der Waals surface area contributed by atoms with Crippen LogP contribution in [0.4, 0.5) is 0 Å². The van der Waals surface area contributed by atoms with Crippen molar-refractivity contribution in [3.63, 3.8) is 0 Å². The SMILES string of the molecule is COC(=O)COC(=O)c1cccc(-c2ccc(C=C3C(=O)OC(C)(C)OC3=O)o2)c1. The summed E-state index contributed by atoms with van der Waals surface area (Å²) in [5, 5.41) is 0. The maximum Gasteiger partial charge on any atom is 0.348 e. The molecule has 30 heavy (non-hydrogen) atoms. The summed E-state index contributed by atoms with van der Waals surface area (Å²) in [5.41, 5.74) is 0.451. The molecule has 0 aliphatic carbocycles. The predicted octanol–water partition coefficient (Wildman–Crippen LogP) is 2.50. The van der Waals surface area contributed by atoms with E-state index in [4.69, 9.17) is 18.6 Å². The van der Waals surface area contributed by atoms with Crippen LogP contribution >= 0.6 is 0 Å². The van der Waals surface area contributed by atoms with Gasteiger partial charge in [0.25, 0.3) is 5.79 Å². The van der Waals surface area contributed by atoms with E-state index in [2.05, 4.69) is 4.74 Å². The van der Waals surface area contributed by atoms with Gasteiger partial charge >= 0.3 is 23.9 Å². The van der Waals surface area contributed by atoms with E-state index in [1.54, 1.807) is 24.3 Å². The maximum atomic E-state index is 12.1. The average molecular weight is 414 g/mol. The smallest absolute Gasteiger partial charge is 0.348 e. The lowest BCUT2D eigenvalue weighted by Gasteiger charge is -2.29. The third-order valence-corrected chi connectivity index (χ3v) is 3.96. The molecule has 2 aromatic rings. The van der Waals surface area contributed by atoms with E-state index < -0.39 is 36.3 Å². The van der Waals surface area contributed by atoms with Gasteiger partial charge in [-0.1, -0.05) is 12.1 Å². The molecular weight excluding hydrogens is 396 g/mol. The van der Waals surface area contributed by atoms with E-state index in [9.17, 15) is 19.2 Å². The Morgan fingerprint density at radius 3 is 2.43 bits per heavy atom. The number of carbonyl (C=O) groups is 4. The number of rotatable bonds is 5. The zero-order valence-electron chi connectivity index (χ0n) is 16.4. The van der Waals surface area contributed by atoms with Gasteiger partial charge in [0, 0.05) is 25.5 Å². The Bertz CT molecular complexity index is 1020. The normalized spacial score (nSPS) is 15.1. The minimum absolute atomic E-state index is 0.203. The molecule has 3 rings (SSSR count). The second-order valence-electron chi connectivity index (χ2n) is 6.67. The fraction of sp³-hybridized carbons (Fsp3) is 0.238. The fourth-order valence-corrected chi connectivity index (χ4v) is 2.57. The molecule has 0 saturated carbocycles. The second-order valence-corrected chi connectivity index (χ2v) is 6.67. The molecule has 0 radical (unpaired) electrons. The Morgan fingerprint density at radius 1 is 1.07 bits per heavy atom. The van der Waals surface area contributed by atoms with Gasteiger partial charge < -0.3 is 23.4 Å². The minimum Gasteiger partial charge on any atom is -0.466 e. The lowest BCUT2D eigenvalue weighted by molar-refractivity contribution is -0.222. The van der Waals surface area contributed by atoms with Gasteiger partial charge in [-0.05, 0) is 24.3 Å². The van der Waals surface area contributed by atoms with Crippen LogP contribution in [0.2, 0.25) is 0 Å². The molecular formula is C21H18O9. The topological polar surface area (TPSA) is 118 Å². The Morgan fingerprint density at radius 2 is 1.77 bits per heavy atom. The molecule has 0 bridgehead atoms. The third kappa shape index (κ3) is 4.75. The molecule has 0 N–H and O–H groups in total. The van der Waals surface area contributed by atoms with Gasteiger partial charge in [-0.2, -0.15) is 0 Å². The number of ether oxygens (including phenoxy) is 4. The van der Waals surface area contributed by atoms with Gasteiger partial charge in [0.2, 0.25) is 0 Å². The summed E-state index contributed by atoms with van der Waals surface area (Å²) in [7, 11) is 1.19. The first kappa shape index (κ1) is 20.8. The Hall–Kier alpha value is -3.88. The summed E-state index contributed by atoms with van der Waals surface area (Å²) < 4.78 is 25.0. The van der Waals surface area contributed by atoms with E-state index >= 15 is 0 Å². The first-order chi connectivity index (χ1) is 14.2. The summed E-state index contributed by atoms with van der Waals surface area (Å²) in [6, 6.07) is 9.49. The summed E-state index contributed by atoms with van der Waals surface area (Å²) in [5.74, 6) is -3.75. The molecule has 1 fully saturated rings. The molecule has 0 spiro atoms. The Labute approximate surface area is 171 Å². The number of furan rings is 1. The van der Waals surface area contributed by atoms with Gasteiger partial charge in [0.05, 0.1) is 12.7 Å². The van der Waals surface area contributed by atoms with Crippen molar-refractivity contribution in [3.8, 4) is 11.3 Å². The Balaban J connectivity index is 1.78. The van der Waals surface area contributed by atoms with Crippen LogP contribution < -0.4 is 0 Å². The molecule has 9 nitrogen and oxygen atoms in total. The monoisotopic (exact) mass is 414 g/mol. The van der Waals surface area contributed by atoms with Crippen LogP contribution in [0.5, 0.6) is 0 Å². The van der Waals surface area contributed by atoms with Crippen LogP contribution in [0.15, 0.2) is 46.4 Å². The van der Waals surface area contributed by atoms with Crippen LogP contribution in [0.25, 0.3) is 17.4 Å². The first-order valence-corrected chi connectivity index (χ1v) is 8.81. The van der Waals surface area contributed by atoms with E-state index in [-0.39, 0.29) is 16.9 Å². The van der Waals surface area contributed by atoms with Gasteiger partial charge in [-0.15, -0.1) is 0 Å². The van der Waals surface area contributed by atoms with Crippen LogP contribution in [0.1, 0.15) is 30.0 Å². The zero-order chi connectivity index (χ0) is 21.9. The third-order valence-electron chi connectivity index (χ3n) is 3.96. The van der Waals surface area contributed by atoms with Crippen molar-refractivity contribution < 1.29 is 42.5 Å². The van der Waals surface area contributed by atoms with E-state index in [1.807, 2.05) is 0 Å². The number of esters is 4. The van der Waals surface area contributed by atoms with E-state index in [0.29, 0.717) is 11.3 Å². The van der Waals surface area contributed by atoms with Gasteiger partial charge in [0.1, 0.15) is 17.1 Å². The lowest BCUT2D eigenvalue weighted by Crippen LogP contribution is -2.41. The van der Waals surface area contributed by atoms with E-state index in [1.165, 1.54) is 39.2 Å². The zero-order valence-corrected chi connectivity index (χ0v) is 16.4. The van der Waals surface area contributed by atoms with Crippen molar-refractivity contribution in [1.82, 2.24) is 0 Å². The van der Waals surface area contributed by atoms with Gasteiger partial charge in [-0.3, -0.25) is 0 Å². The Kier molecular flexibility index (Phi) is 5.72. The minimum atomic E-state index is -1.33. The molecule has 156 valence electrons. The highest BCUT2D eigenvalue weighted by molar-refractivity contribution is 6.18. The standard InChI is InChI=1S/C21H18O9/c1-21(2)29-19(24)15(20(25)30-21)10-14-7-8-16(28-14)12-5-4-6-13(9-12)18(23)27-11-17(22)26-3/h4-10H,11H2,1-3H3.